The van der Waals surface area contributed by atoms with Crippen molar-refractivity contribution in [3.63, 3.8) is 0 Å². The molecule has 108 valence electrons. The van der Waals surface area contributed by atoms with E-state index in [0.717, 1.165) is 5.56 Å². The quantitative estimate of drug-likeness (QED) is 0.798. The Morgan fingerprint density at radius 1 is 1.14 bits per heavy atom. The van der Waals surface area contributed by atoms with E-state index in [4.69, 9.17) is 5.73 Å². The molecule has 0 saturated carbocycles. The van der Waals surface area contributed by atoms with Crippen LogP contribution in [0.25, 0.3) is 0 Å². The fourth-order valence-corrected chi connectivity index (χ4v) is 1.96. The largest absolute Gasteiger partial charge is 0.378 e. The van der Waals surface area contributed by atoms with Gasteiger partial charge in [0.15, 0.2) is 6.10 Å². The lowest BCUT2D eigenvalue weighted by Crippen LogP contribution is -2.21. The number of primary amides is 1. The first-order valence-electron chi connectivity index (χ1n) is 6.43. The second kappa shape index (κ2) is 6.19. The fraction of sp³-hybridized carbons (Fsp3) is 0.125. The Kier molecular flexibility index (Phi) is 4.35. The molecule has 2 rings (SSSR count). The van der Waals surface area contributed by atoms with E-state index in [1.807, 2.05) is 0 Å². The summed E-state index contributed by atoms with van der Waals surface area (Å²) in [6.07, 6.45) is -1.27. The van der Waals surface area contributed by atoms with E-state index in [9.17, 15) is 14.7 Å². The maximum atomic E-state index is 12.0. The zero-order valence-corrected chi connectivity index (χ0v) is 11.5. The molecule has 4 N–H and O–H groups in total. The average molecular weight is 284 g/mol. The summed E-state index contributed by atoms with van der Waals surface area (Å²) >= 11 is 0. The van der Waals surface area contributed by atoms with Crippen molar-refractivity contribution in [1.82, 2.24) is 0 Å². The Morgan fingerprint density at radius 2 is 1.81 bits per heavy atom. The molecule has 2 aromatic carbocycles. The predicted molar refractivity (Wildman–Crippen MR) is 79.7 cm³/mol. The number of aliphatic hydroxyl groups is 1. The third-order valence-electron chi connectivity index (χ3n) is 3.13. The summed E-state index contributed by atoms with van der Waals surface area (Å²) < 4.78 is 0. The van der Waals surface area contributed by atoms with Gasteiger partial charge in [-0.2, -0.15) is 0 Å². The van der Waals surface area contributed by atoms with E-state index in [0.29, 0.717) is 16.8 Å². The number of rotatable bonds is 4. The van der Waals surface area contributed by atoms with Crippen molar-refractivity contribution in [3.8, 4) is 0 Å². The van der Waals surface area contributed by atoms with Crippen LogP contribution >= 0.6 is 0 Å². The molecule has 2 amide bonds. The van der Waals surface area contributed by atoms with Gasteiger partial charge in [-0.05, 0) is 30.2 Å². The lowest BCUT2D eigenvalue weighted by Gasteiger charge is -2.12. The van der Waals surface area contributed by atoms with Gasteiger partial charge in [-0.1, -0.05) is 36.4 Å². The van der Waals surface area contributed by atoms with Crippen molar-refractivity contribution in [1.29, 1.82) is 0 Å². The van der Waals surface area contributed by atoms with Crippen LogP contribution in [0.15, 0.2) is 48.5 Å². The van der Waals surface area contributed by atoms with Crippen LogP contribution in [0.1, 0.15) is 27.6 Å². The van der Waals surface area contributed by atoms with E-state index in [1.165, 1.54) is 6.07 Å². The number of anilines is 1. The molecule has 0 radical (unpaired) electrons. The topological polar surface area (TPSA) is 92.4 Å². The van der Waals surface area contributed by atoms with Gasteiger partial charge in [-0.15, -0.1) is 0 Å². The van der Waals surface area contributed by atoms with Crippen LogP contribution in [0.4, 0.5) is 5.69 Å². The van der Waals surface area contributed by atoms with E-state index < -0.39 is 17.9 Å². The number of carbonyl (C=O) groups excluding carboxylic acids is 2. The van der Waals surface area contributed by atoms with Gasteiger partial charge in [-0.3, -0.25) is 9.59 Å². The number of amides is 2. The minimum atomic E-state index is -1.27. The van der Waals surface area contributed by atoms with Gasteiger partial charge in [0, 0.05) is 11.3 Å². The van der Waals surface area contributed by atoms with Gasteiger partial charge < -0.3 is 16.2 Å². The van der Waals surface area contributed by atoms with E-state index in [2.05, 4.69) is 5.32 Å². The average Bonchev–Trinajstić information content (AvgIpc) is 2.49. The number of aryl methyl sites for hydroxylation is 1. The molecular weight excluding hydrogens is 268 g/mol. The second-order valence-electron chi connectivity index (χ2n) is 4.70. The van der Waals surface area contributed by atoms with E-state index in [1.54, 1.807) is 49.4 Å². The lowest BCUT2D eigenvalue weighted by atomic mass is 10.1. The molecule has 1 atom stereocenters. The van der Waals surface area contributed by atoms with Crippen molar-refractivity contribution >= 4 is 17.5 Å². The summed E-state index contributed by atoms with van der Waals surface area (Å²) in [5.41, 5.74) is 7.23. The van der Waals surface area contributed by atoms with Crippen LogP contribution in [0.5, 0.6) is 0 Å². The third kappa shape index (κ3) is 3.46. The van der Waals surface area contributed by atoms with Gasteiger partial charge in [0.05, 0.1) is 0 Å². The number of nitrogens with two attached hydrogens (primary N) is 1. The summed E-state index contributed by atoms with van der Waals surface area (Å²) in [6.45, 7) is 1.75. The molecule has 0 aliphatic rings. The first-order chi connectivity index (χ1) is 9.99. The van der Waals surface area contributed by atoms with E-state index >= 15 is 0 Å². The molecule has 0 bridgehead atoms. The summed E-state index contributed by atoms with van der Waals surface area (Å²) in [4.78, 5) is 23.3. The Balaban J connectivity index is 2.16. The van der Waals surface area contributed by atoms with Gasteiger partial charge in [0.25, 0.3) is 5.91 Å². The molecule has 0 heterocycles. The normalized spacial score (nSPS) is 11.7. The molecule has 2 aromatic rings. The fourth-order valence-electron chi connectivity index (χ4n) is 1.96. The molecule has 0 saturated heterocycles. The molecule has 21 heavy (non-hydrogen) atoms. The molecule has 0 spiro atoms. The molecule has 0 aromatic heterocycles. The second-order valence-corrected chi connectivity index (χ2v) is 4.70. The molecule has 0 aliphatic heterocycles. The highest BCUT2D eigenvalue weighted by molar-refractivity contribution is 5.98. The minimum Gasteiger partial charge on any atom is -0.378 e. The monoisotopic (exact) mass is 284 g/mol. The van der Waals surface area contributed by atoms with Crippen molar-refractivity contribution in [2.45, 2.75) is 13.0 Å². The lowest BCUT2D eigenvalue weighted by molar-refractivity contribution is -0.124. The number of hydrogen-bond donors (Lipinski definition) is 3. The van der Waals surface area contributed by atoms with Crippen LogP contribution in [0, 0.1) is 6.92 Å². The van der Waals surface area contributed by atoms with Crippen molar-refractivity contribution in [2.24, 2.45) is 5.73 Å². The third-order valence-corrected chi connectivity index (χ3v) is 3.13. The number of aliphatic hydroxyl groups excluding tert-OH is 1. The van der Waals surface area contributed by atoms with Crippen LogP contribution in [-0.2, 0) is 4.79 Å². The highest BCUT2D eigenvalue weighted by Gasteiger charge is 2.17. The van der Waals surface area contributed by atoms with Crippen molar-refractivity contribution in [2.75, 3.05) is 5.32 Å². The standard InChI is InChI=1S/C16H16N2O3/c1-10-7-8-12(9-13(10)15(17)20)18-16(21)14(19)11-5-3-2-4-6-11/h2-9,14,19H,1H3,(H2,17,20)(H,18,21). The molecular formula is C16H16N2O3. The highest BCUT2D eigenvalue weighted by Crippen LogP contribution is 2.18. The van der Waals surface area contributed by atoms with Crippen molar-refractivity contribution in [3.05, 3.63) is 65.2 Å². The van der Waals surface area contributed by atoms with Crippen LogP contribution in [-0.4, -0.2) is 16.9 Å². The van der Waals surface area contributed by atoms with Crippen molar-refractivity contribution < 1.29 is 14.7 Å². The highest BCUT2D eigenvalue weighted by atomic mass is 16.3. The molecule has 5 heteroatoms. The maximum Gasteiger partial charge on any atom is 0.257 e. The maximum absolute atomic E-state index is 12.0. The van der Waals surface area contributed by atoms with Gasteiger partial charge >= 0.3 is 0 Å². The van der Waals surface area contributed by atoms with Gasteiger partial charge in [-0.25, -0.2) is 0 Å². The predicted octanol–water partition coefficient (Wildman–Crippen LogP) is 1.77. The van der Waals surface area contributed by atoms with Crippen LogP contribution in [0.3, 0.4) is 0 Å². The van der Waals surface area contributed by atoms with E-state index in [-0.39, 0.29) is 0 Å². The summed E-state index contributed by atoms with van der Waals surface area (Å²) in [5.74, 6) is -1.13. The van der Waals surface area contributed by atoms with Gasteiger partial charge in [0.2, 0.25) is 5.91 Å². The Morgan fingerprint density at radius 3 is 2.43 bits per heavy atom. The zero-order chi connectivity index (χ0) is 15.4. The molecule has 1 unspecified atom stereocenters. The number of hydrogen-bond acceptors (Lipinski definition) is 3. The molecule has 0 fully saturated rings. The molecule has 5 nitrogen and oxygen atoms in total. The summed E-state index contributed by atoms with van der Waals surface area (Å²) in [5, 5.41) is 12.5. The SMILES string of the molecule is Cc1ccc(NC(=O)C(O)c2ccccc2)cc1C(N)=O. The number of benzene rings is 2. The van der Waals surface area contributed by atoms with Crippen LogP contribution in [0.2, 0.25) is 0 Å². The zero-order valence-electron chi connectivity index (χ0n) is 11.5. The first-order valence-corrected chi connectivity index (χ1v) is 6.43. The van der Waals surface area contributed by atoms with Gasteiger partial charge in [0.1, 0.15) is 0 Å². The summed E-state index contributed by atoms with van der Waals surface area (Å²) in [7, 11) is 0. The number of carbonyl (C=O) groups is 2. The number of nitrogens with one attached hydrogen (secondary N) is 1. The minimum absolute atomic E-state index is 0.335. The Hall–Kier alpha value is -2.66. The Bertz CT molecular complexity index is 668. The smallest absolute Gasteiger partial charge is 0.257 e. The summed E-state index contributed by atoms with van der Waals surface area (Å²) in [6, 6.07) is 13.4. The first kappa shape index (κ1) is 14.7. The van der Waals surface area contributed by atoms with Crippen LogP contribution < -0.4 is 11.1 Å². The molecule has 0 aliphatic carbocycles. The Labute approximate surface area is 122 Å².